The Kier molecular flexibility index (Phi) is 8.85. The van der Waals surface area contributed by atoms with Crippen molar-refractivity contribution in [2.45, 2.75) is 20.3 Å². The van der Waals surface area contributed by atoms with Gasteiger partial charge in [-0.05, 0) is 13.1 Å². The molecule has 0 aliphatic heterocycles. The number of carboxylic acid groups (broad SMARTS) is 1. The Morgan fingerprint density at radius 1 is 1.19 bits per heavy atom. The molecule has 0 amide bonds. The van der Waals surface area contributed by atoms with E-state index in [0.717, 1.165) is 32.7 Å². The first kappa shape index (κ1) is 15.1. The summed E-state index contributed by atoms with van der Waals surface area (Å²) in [6.07, 6.45) is 2.02. The summed E-state index contributed by atoms with van der Waals surface area (Å²) in [5, 5.41) is 8.64. The van der Waals surface area contributed by atoms with Gasteiger partial charge in [0, 0.05) is 26.2 Å². The molecule has 0 spiro atoms. The summed E-state index contributed by atoms with van der Waals surface area (Å²) in [6.45, 7) is 13.3. The Labute approximate surface area is 98.5 Å². The Balaban J connectivity index is 3.91. The van der Waals surface area contributed by atoms with Gasteiger partial charge in [-0.25, -0.2) is 0 Å². The molecule has 0 aliphatic rings. The number of hydrogen-bond acceptors (Lipinski definition) is 3. The minimum absolute atomic E-state index is 0.200. The highest BCUT2D eigenvalue weighted by Crippen LogP contribution is 1.95. The van der Waals surface area contributed by atoms with E-state index in [2.05, 4.69) is 30.2 Å². The quantitative estimate of drug-likeness (QED) is 0.572. The molecule has 0 radical (unpaired) electrons. The highest BCUT2D eigenvalue weighted by atomic mass is 16.4. The van der Waals surface area contributed by atoms with Crippen LogP contribution in [-0.4, -0.2) is 60.1 Å². The van der Waals surface area contributed by atoms with Gasteiger partial charge in [-0.3, -0.25) is 9.69 Å². The van der Waals surface area contributed by atoms with Crippen LogP contribution in [0.3, 0.4) is 0 Å². The van der Waals surface area contributed by atoms with Crippen molar-refractivity contribution in [3.05, 3.63) is 12.7 Å². The number of rotatable bonds is 10. The zero-order valence-corrected chi connectivity index (χ0v) is 10.5. The van der Waals surface area contributed by atoms with Crippen molar-refractivity contribution in [2.24, 2.45) is 0 Å². The minimum Gasteiger partial charge on any atom is -0.481 e. The van der Waals surface area contributed by atoms with E-state index in [4.69, 9.17) is 5.11 Å². The molecular formula is C12H24N2O2. The van der Waals surface area contributed by atoms with Crippen molar-refractivity contribution in [1.29, 1.82) is 0 Å². The summed E-state index contributed by atoms with van der Waals surface area (Å²) in [6, 6.07) is 0. The molecule has 94 valence electrons. The van der Waals surface area contributed by atoms with E-state index in [0.29, 0.717) is 6.54 Å². The first-order chi connectivity index (χ1) is 7.63. The van der Waals surface area contributed by atoms with Crippen LogP contribution < -0.4 is 0 Å². The number of carbonyl (C=O) groups is 1. The van der Waals surface area contributed by atoms with E-state index >= 15 is 0 Å². The van der Waals surface area contributed by atoms with Crippen LogP contribution in [0.4, 0.5) is 0 Å². The van der Waals surface area contributed by atoms with Crippen LogP contribution in [0.1, 0.15) is 20.3 Å². The van der Waals surface area contributed by atoms with Crippen molar-refractivity contribution in [3.63, 3.8) is 0 Å². The Hall–Kier alpha value is -0.870. The fraction of sp³-hybridized carbons (Fsp3) is 0.750. The largest absolute Gasteiger partial charge is 0.481 e. The topological polar surface area (TPSA) is 43.8 Å². The second kappa shape index (κ2) is 9.36. The van der Waals surface area contributed by atoms with Gasteiger partial charge in [-0.15, -0.1) is 6.58 Å². The molecule has 16 heavy (non-hydrogen) atoms. The van der Waals surface area contributed by atoms with Gasteiger partial charge >= 0.3 is 5.97 Å². The number of likely N-dealkylation sites (N-methyl/N-ethyl adjacent to an activating group) is 1. The van der Waals surface area contributed by atoms with E-state index in [9.17, 15) is 4.79 Å². The average molecular weight is 228 g/mol. The van der Waals surface area contributed by atoms with Crippen LogP contribution in [0.5, 0.6) is 0 Å². The Morgan fingerprint density at radius 2 is 1.75 bits per heavy atom. The van der Waals surface area contributed by atoms with Crippen molar-refractivity contribution in [3.8, 4) is 0 Å². The molecule has 0 atom stereocenters. The molecule has 4 heteroatoms. The lowest BCUT2D eigenvalue weighted by atomic mass is 10.3. The molecule has 0 aromatic carbocycles. The zero-order chi connectivity index (χ0) is 12.4. The second-order valence-corrected chi connectivity index (χ2v) is 3.76. The van der Waals surface area contributed by atoms with Crippen LogP contribution in [0, 0.1) is 0 Å². The van der Waals surface area contributed by atoms with E-state index in [1.165, 1.54) is 0 Å². The summed E-state index contributed by atoms with van der Waals surface area (Å²) in [4.78, 5) is 15.0. The third-order valence-corrected chi connectivity index (χ3v) is 2.66. The van der Waals surface area contributed by atoms with E-state index in [-0.39, 0.29) is 6.42 Å². The Bertz CT molecular complexity index is 203. The fourth-order valence-corrected chi connectivity index (χ4v) is 1.55. The predicted molar refractivity (Wildman–Crippen MR) is 66.7 cm³/mol. The summed E-state index contributed by atoms with van der Waals surface area (Å²) < 4.78 is 0. The van der Waals surface area contributed by atoms with Crippen molar-refractivity contribution >= 4 is 5.97 Å². The lowest BCUT2D eigenvalue weighted by Gasteiger charge is -2.24. The number of aliphatic carboxylic acids is 1. The van der Waals surface area contributed by atoms with Crippen molar-refractivity contribution in [2.75, 3.05) is 39.3 Å². The SMILES string of the molecule is C=CCN(CCC(=O)O)CCN(CC)CC. The van der Waals surface area contributed by atoms with Gasteiger partial charge in [0.1, 0.15) is 0 Å². The summed E-state index contributed by atoms with van der Waals surface area (Å²) in [5.41, 5.74) is 0. The summed E-state index contributed by atoms with van der Waals surface area (Å²) in [7, 11) is 0. The highest BCUT2D eigenvalue weighted by Gasteiger charge is 2.07. The zero-order valence-electron chi connectivity index (χ0n) is 10.5. The molecule has 0 saturated heterocycles. The third-order valence-electron chi connectivity index (χ3n) is 2.66. The first-order valence-corrected chi connectivity index (χ1v) is 5.91. The minimum atomic E-state index is -0.739. The number of hydrogen-bond donors (Lipinski definition) is 1. The van der Waals surface area contributed by atoms with Crippen LogP contribution in [0.15, 0.2) is 12.7 Å². The normalized spacial score (nSPS) is 11.0. The number of nitrogens with zero attached hydrogens (tertiary/aromatic N) is 2. The van der Waals surface area contributed by atoms with Gasteiger partial charge in [-0.1, -0.05) is 19.9 Å². The highest BCUT2D eigenvalue weighted by molar-refractivity contribution is 5.66. The van der Waals surface area contributed by atoms with E-state index in [1.54, 1.807) is 0 Å². The van der Waals surface area contributed by atoms with Gasteiger partial charge in [0.05, 0.1) is 6.42 Å². The maximum Gasteiger partial charge on any atom is 0.304 e. The van der Waals surface area contributed by atoms with Gasteiger partial charge in [0.15, 0.2) is 0 Å². The van der Waals surface area contributed by atoms with Crippen LogP contribution in [0.2, 0.25) is 0 Å². The molecule has 0 aromatic heterocycles. The Morgan fingerprint density at radius 3 is 2.19 bits per heavy atom. The van der Waals surface area contributed by atoms with Gasteiger partial charge in [0.25, 0.3) is 0 Å². The van der Waals surface area contributed by atoms with Crippen molar-refractivity contribution in [1.82, 2.24) is 9.80 Å². The maximum absolute atomic E-state index is 10.5. The molecule has 0 rings (SSSR count). The lowest BCUT2D eigenvalue weighted by Crippen LogP contribution is -2.36. The monoisotopic (exact) mass is 228 g/mol. The van der Waals surface area contributed by atoms with Gasteiger partial charge in [-0.2, -0.15) is 0 Å². The summed E-state index contributed by atoms with van der Waals surface area (Å²) in [5.74, 6) is -0.739. The number of carboxylic acids is 1. The molecule has 0 saturated carbocycles. The van der Waals surface area contributed by atoms with E-state index < -0.39 is 5.97 Å². The molecule has 0 aromatic rings. The lowest BCUT2D eigenvalue weighted by molar-refractivity contribution is -0.137. The summed E-state index contributed by atoms with van der Waals surface area (Å²) >= 11 is 0. The molecule has 1 N–H and O–H groups in total. The molecule has 0 heterocycles. The average Bonchev–Trinajstić information content (AvgIpc) is 2.26. The molecule has 0 fully saturated rings. The van der Waals surface area contributed by atoms with Crippen LogP contribution in [-0.2, 0) is 4.79 Å². The van der Waals surface area contributed by atoms with Crippen molar-refractivity contribution < 1.29 is 9.90 Å². The second-order valence-electron chi connectivity index (χ2n) is 3.76. The van der Waals surface area contributed by atoms with Crippen LogP contribution in [0.25, 0.3) is 0 Å². The van der Waals surface area contributed by atoms with Gasteiger partial charge < -0.3 is 10.0 Å². The maximum atomic E-state index is 10.5. The fourth-order valence-electron chi connectivity index (χ4n) is 1.55. The van der Waals surface area contributed by atoms with E-state index in [1.807, 2.05) is 6.08 Å². The molecule has 0 unspecified atom stereocenters. The smallest absolute Gasteiger partial charge is 0.304 e. The third kappa shape index (κ3) is 7.43. The standard InChI is InChI=1S/C12H24N2O2/c1-4-8-14(9-7-12(15)16)11-10-13(5-2)6-3/h4H,1,5-11H2,2-3H3,(H,15,16). The molecule has 4 nitrogen and oxygen atoms in total. The predicted octanol–water partition coefficient (Wildman–Crippen LogP) is 1.29. The molecule has 0 bridgehead atoms. The van der Waals surface area contributed by atoms with Crippen LogP contribution >= 0.6 is 0 Å². The molecule has 0 aliphatic carbocycles. The first-order valence-electron chi connectivity index (χ1n) is 5.91. The molecular weight excluding hydrogens is 204 g/mol. The van der Waals surface area contributed by atoms with Gasteiger partial charge in [0.2, 0.25) is 0 Å².